The summed E-state index contributed by atoms with van der Waals surface area (Å²) in [5.41, 5.74) is 6.10. The van der Waals surface area contributed by atoms with Gasteiger partial charge in [-0.05, 0) is 12.5 Å². The van der Waals surface area contributed by atoms with E-state index < -0.39 is 0 Å². The molecule has 0 saturated carbocycles. The van der Waals surface area contributed by atoms with Crippen molar-refractivity contribution >= 4 is 11.5 Å². The second-order valence-corrected chi connectivity index (χ2v) is 7.84. The molecule has 3 heterocycles. The Morgan fingerprint density at radius 1 is 0.935 bits per heavy atom. The van der Waals surface area contributed by atoms with E-state index in [1.54, 1.807) is 0 Å². The molecule has 0 atom stereocenters. The Balaban J connectivity index is 1.54. The van der Waals surface area contributed by atoms with Crippen LogP contribution in [-0.4, -0.2) is 58.9 Å². The molecule has 0 spiro atoms. The van der Waals surface area contributed by atoms with Crippen LogP contribution in [0.25, 0.3) is 28.0 Å². The Bertz CT molecular complexity index is 1150. The molecule has 0 bridgehead atoms. The highest BCUT2D eigenvalue weighted by Gasteiger charge is 2.17. The average molecular weight is 414 g/mol. The van der Waals surface area contributed by atoms with E-state index in [0.717, 1.165) is 78.9 Å². The SMILES string of the molecule is Cc1nn2c(NCCN3CCOCC3)cc(-c3ccccc3)nc2c1-c1ccccc1. The number of hydrogen-bond donors (Lipinski definition) is 1. The minimum absolute atomic E-state index is 0.816. The molecule has 1 saturated heterocycles. The van der Waals surface area contributed by atoms with Crippen molar-refractivity contribution in [2.75, 3.05) is 44.7 Å². The number of anilines is 1. The summed E-state index contributed by atoms with van der Waals surface area (Å²) in [7, 11) is 0. The third kappa shape index (κ3) is 4.17. The lowest BCUT2D eigenvalue weighted by Gasteiger charge is -2.26. The summed E-state index contributed by atoms with van der Waals surface area (Å²) in [6.45, 7) is 7.47. The van der Waals surface area contributed by atoms with Gasteiger partial charge < -0.3 is 10.1 Å². The van der Waals surface area contributed by atoms with Gasteiger partial charge in [-0.25, -0.2) is 4.98 Å². The highest BCUT2D eigenvalue weighted by atomic mass is 16.5. The Morgan fingerprint density at radius 3 is 2.32 bits per heavy atom. The van der Waals surface area contributed by atoms with Gasteiger partial charge in [0, 0.05) is 43.4 Å². The van der Waals surface area contributed by atoms with Crippen molar-refractivity contribution in [1.29, 1.82) is 0 Å². The van der Waals surface area contributed by atoms with Gasteiger partial charge in [0.05, 0.1) is 24.6 Å². The van der Waals surface area contributed by atoms with Crippen LogP contribution in [0, 0.1) is 6.92 Å². The summed E-state index contributed by atoms with van der Waals surface area (Å²) in [5, 5.41) is 8.46. The van der Waals surface area contributed by atoms with Crippen LogP contribution < -0.4 is 5.32 Å². The van der Waals surface area contributed by atoms with Gasteiger partial charge in [-0.1, -0.05) is 60.7 Å². The average Bonchev–Trinajstić information content (AvgIpc) is 3.17. The molecule has 5 rings (SSSR count). The van der Waals surface area contributed by atoms with Crippen LogP contribution in [0.1, 0.15) is 5.69 Å². The summed E-state index contributed by atoms with van der Waals surface area (Å²) < 4.78 is 7.41. The van der Waals surface area contributed by atoms with E-state index in [-0.39, 0.29) is 0 Å². The summed E-state index contributed by atoms with van der Waals surface area (Å²) in [5.74, 6) is 0.961. The van der Waals surface area contributed by atoms with E-state index in [2.05, 4.69) is 59.6 Å². The number of morpholine rings is 1. The molecule has 1 aliphatic rings. The largest absolute Gasteiger partial charge is 0.379 e. The molecule has 4 aromatic rings. The Kier molecular flexibility index (Phi) is 5.65. The summed E-state index contributed by atoms with van der Waals surface area (Å²) in [6, 6.07) is 22.8. The number of ether oxygens (including phenoxy) is 1. The first kappa shape index (κ1) is 19.7. The number of fused-ring (bicyclic) bond motifs is 1. The first-order chi connectivity index (χ1) is 15.3. The van der Waals surface area contributed by atoms with Gasteiger partial charge in [0.1, 0.15) is 5.82 Å². The Hall–Kier alpha value is -3.22. The molecule has 1 N–H and O–H groups in total. The van der Waals surface area contributed by atoms with E-state index >= 15 is 0 Å². The number of benzene rings is 2. The van der Waals surface area contributed by atoms with Crippen LogP contribution >= 0.6 is 0 Å². The molecule has 0 aliphatic carbocycles. The maximum absolute atomic E-state index is 5.46. The van der Waals surface area contributed by atoms with E-state index in [1.807, 2.05) is 28.8 Å². The standard InChI is InChI=1S/C25H27N5O/c1-19-24(21-10-6-3-7-11-21)25-27-22(20-8-4-2-5-9-20)18-23(30(25)28-19)26-12-13-29-14-16-31-17-15-29/h2-11,18,26H,12-17H2,1H3. The second kappa shape index (κ2) is 8.88. The van der Waals surface area contributed by atoms with Crippen molar-refractivity contribution in [1.82, 2.24) is 19.5 Å². The maximum Gasteiger partial charge on any atom is 0.166 e. The molecule has 0 unspecified atom stereocenters. The summed E-state index contributed by atoms with van der Waals surface area (Å²) in [6.07, 6.45) is 0. The molecule has 2 aromatic carbocycles. The molecule has 0 radical (unpaired) electrons. The topological polar surface area (TPSA) is 54.7 Å². The zero-order valence-electron chi connectivity index (χ0n) is 17.8. The van der Waals surface area contributed by atoms with Crippen LogP contribution in [0.2, 0.25) is 0 Å². The lowest BCUT2D eigenvalue weighted by Crippen LogP contribution is -2.39. The molecule has 6 heteroatoms. The molecular weight excluding hydrogens is 386 g/mol. The van der Waals surface area contributed by atoms with Crippen LogP contribution in [0.3, 0.4) is 0 Å². The number of nitrogens with zero attached hydrogens (tertiary/aromatic N) is 4. The van der Waals surface area contributed by atoms with E-state index in [4.69, 9.17) is 14.8 Å². The minimum atomic E-state index is 0.816. The fourth-order valence-corrected chi connectivity index (χ4v) is 4.12. The van der Waals surface area contributed by atoms with Gasteiger partial charge in [-0.3, -0.25) is 4.90 Å². The van der Waals surface area contributed by atoms with Crippen molar-refractivity contribution < 1.29 is 4.74 Å². The highest BCUT2D eigenvalue weighted by Crippen LogP contribution is 2.31. The number of nitrogens with one attached hydrogen (secondary N) is 1. The lowest BCUT2D eigenvalue weighted by atomic mass is 10.1. The predicted octanol–water partition coefficient (Wildman–Crippen LogP) is 4.12. The normalized spacial score (nSPS) is 14.7. The van der Waals surface area contributed by atoms with Crippen molar-refractivity contribution in [3.8, 4) is 22.4 Å². The molecule has 2 aromatic heterocycles. The first-order valence-corrected chi connectivity index (χ1v) is 10.8. The zero-order chi connectivity index (χ0) is 21.0. The van der Waals surface area contributed by atoms with Gasteiger partial charge in [0.15, 0.2) is 5.65 Å². The van der Waals surface area contributed by atoms with Gasteiger partial charge in [0.2, 0.25) is 0 Å². The molecular formula is C25H27N5O. The van der Waals surface area contributed by atoms with Crippen LogP contribution in [0.4, 0.5) is 5.82 Å². The molecule has 0 amide bonds. The van der Waals surface area contributed by atoms with Gasteiger partial charge in [-0.15, -0.1) is 0 Å². The summed E-state index contributed by atoms with van der Waals surface area (Å²) in [4.78, 5) is 7.46. The van der Waals surface area contributed by atoms with Crippen molar-refractivity contribution in [3.63, 3.8) is 0 Å². The maximum atomic E-state index is 5.46. The minimum Gasteiger partial charge on any atom is -0.379 e. The van der Waals surface area contributed by atoms with Gasteiger partial charge in [0.25, 0.3) is 0 Å². The van der Waals surface area contributed by atoms with E-state index in [9.17, 15) is 0 Å². The third-order valence-corrected chi connectivity index (χ3v) is 5.73. The van der Waals surface area contributed by atoms with E-state index in [1.165, 1.54) is 0 Å². The third-order valence-electron chi connectivity index (χ3n) is 5.73. The monoisotopic (exact) mass is 413 g/mol. The van der Waals surface area contributed by atoms with Crippen LogP contribution in [-0.2, 0) is 4.74 Å². The highest BCUT2D eigenvalue weighted by molar-refractivity contribution is 5.82. The zero-order valence-corrected chi connectivity index (χ0v) is 17.8. The Labute approximate surface area is 182 Å². The van der Waals surface area contributed by atoms with Crippen LogP contribution in [0.5, 0.6) is 0 Å². The molecule has 6 nitrogen and oxygen atoms in total. The smallest absolute Gasteiger partial charge is 0.166 e. The second-order valence-electron chi connectivity index (χ2n) is 7.84. The molecule has 1 fully saturated rings. The van der Waals surface area contributed by atoms with Crippen LogP contribution in [0.15, 0.2) is 66.7 Å². The van der Waals surface area contributed by atoms with E-state index in [0.29, 0.717) is 0 Å². The number of aromatic nitrogens is 3. The number of rotatable bonds is 6. The van der Waals surface area contributed by atoms with Gasteiger partial charge >= 0.3 is 0 Å². The first-order valence-electron chi connectivity index (χ1n) is 10.8. The summed E-state index contributed by atoms with van der Waals surface area (Å²) >= 11 is 0. The quantitative estimate of drug-likeness (QED) is 0.515. The number of hydrogen-bond acceptors (Lipinski definition) is 5. The predicted molar refractivity (Wildman–Crippen MR) is 124 cm³/mol. The van der Waals surface area contributed by atoms with Crippen molar-refractivity contribution in [2.24, 2.45) is 0 Å². The van der Waals surface area contributed by atoms with Gasteiger partial charge in [-0.2, -0.15) is 9.61 Å². The molecule has 31 heavy (non-hydrogen) atoms. The number of aryl methyl sites for hydroxylation is 1. The lowest BCUT2D eigenvalue weighted by molar-refractivity contribution is 0.0398. The fourth-order valence-electron chi connectivity index (χ4n) is 4.12. The fraction of sp³-hybridized carbons (Fsp3) is 0.280. The molecule has 1 aliphatic heterocycles. The van der Waals surface area contributed by atoms with Crippen molar-refractivity contribution in [2.45, 2.75) is 6.92 Å². The van der Waals surface area contributed by atoms with Crippen molar-refractivity contribution in [3.05, 3.63) is 72.4 Å². The Morgan fingerprint density at radius 2 is 1.61 bits per heavy atom. The molecule has 158 valence electrons.